The molecule has 0 unspecified atom stereocenters. The number of nitrogens with two attached hydrogens (primary N) is 1. The van der Waals surface area contributed by atoms with Gasteiger partial charge in [-0.05, 0) is 36.1 Å². The molecule has 1 aromatic carbocycles. The second-order valence-corrected chi connectivity index (χ2v) is 5.20. The second kappa shape index (κ2) is 6.13. The van der Waals surface area contributed by atoms with Crippen molar-refractivity contribution in [3.05, 3.63) is 34.9 Å². The predicted octanol–water partition coefficient (Wildman–Crippen LogP) is 1.75. The Morgan fingerprint density at radius 2 is 2.05 bits per heavy atom. The maximum atomic E-state index is 12.5. The van der Waals surface area contributed by atoms with Gasteiger partial charge in [-0.1, -0.05) is 25.1 Å². The first-order chi connectivity index (χ1) is 10.1. The Labute approximate surface area is 124 Å². The van der Waals surface area contributed by atoms with Crippen LogP contribution in [-0.4, -0.2) is 22.5 Å². The summed E-state index contributed by atoms with van der Waals surface area (Å²) in [5.41, 5.74) is 7.62. The van der Waals surface area contributed by atoms with E-state index in [4.69, 9.17) is 15.7 Å². The monoisotopic (exact) mass is 291 g/mol. The molecule has 0 saturated carbocycles. The molecule has 0 fully saturated rings. The van der Waals surface area contributed by atoms with Crippen LogP contribution in [-0.2, 0) is 18.0 Å². The van der Waals surface area contributed by atoms with Crippen LogP contribution in [0.4, 0.5) is 0 Å². The van der Waals surface area contributed by atoms with E-state index in [0.717, 1.165) is 11.1 Å². The van der Waals surface area contributed by atoms with Gasteiger partial charge in [0.2, 0.25) is 0 Å². The van der Waals surface area contributed by atoms with Crippen LogP contribution >= 0.6 is 0 Å². The van der Waals surface area contributed by atoms with E-state index in [1.165, 1.54) is 0 Å². The molecule has 1 aliphatic heterocycles. The van der Waals surface area contributed by atoms with Gasteiger partial charge in [0.05, 0.1) is 13.2 Å². The molecular formula is C15H21N3O3. The average Bonchev–Trinajstić information content (AvgIpc) is 2.99. The van der Waals surface area contributed by atoms with Gasteiger partial charge in [0.25, 0.3) is 5.91 Å². The molecule has 6 heteroatoms. The number of nitrogens with zero attached hydrogens (tertiary/aromatic N) is 1. The number of carbonyl (C=O) groups is 1. The van der Waals surface area contributed by atoms with Gasteiger partial charge in [-0.2, -0.15) is 0 Å². The molecule has 4 N–H and O–H groups in total. The molecule has 0 bridgehead atoms. The smallest absolute Gasteiger partial charge is 0.252 e. The Kier molecular flexibility index (Phi) is 4.47. The highest BCUT2D eigenvalue weighted by Crippen LogP contribution is 2.22. The van der Waals surface area contributed by atoms with Crippen LogP contribution in [0.25, 0.3) is 0 Å². The lowest BCUT2D eigenvalue weighted by Gasteiger charge is -2.31. The number of nitrogens with one attached hydrogen (secondary N) is 1. The third kappa shape index (κ3) is 2.85. The lowest BCUT2D eigenvalue weighted by atomic mass is 9.90. The van der Waals surface area contributed by atoms with Crippen molar-refractivity contribution in [1.29, 1.82) is 0 Å². The summed E-state index contributed by atoms with van der Waals surface area (Å²) in [5, 5.41) is 14.9. The largest absolute Gasteiger partial charge is 0.409 e. The van der Waals surface area contributed by atoms with Crippen LogP contribution in [0.2, 0.25) is 0 Å². The maximum absolute atomic E-state index is 12.5. The van der Waals surface area contributed by atoms with Gasteiger partial charge in [0.1, 0.15) is 5.54 Å². The summed E-state index contributed by atoms with van der Waals surface area (Å²) in [4.78, 5) is 12.5. The number of ether oxygens (including phenoxy) is 1. The van der Waals surface area contributed by atoms with E-state index in [1.54, 1.807) is 6.07 Å². The highest BCUT2D eigenvalue weighted by molar-refractivity contribution is 6.00. The summed E-state index contributed by atoms with van der Waals surface area (Å²) >= 11 is 0. The lowest BCUT2D eigenvalue weighted by Crippen LogP contribution is -2.56. The molecule has 1 aliphatic rings. The maximum Gasteiger partial charge on any atom is 0.252 e. The van der Waals surface area contributed by atoms with Crippen LogP contribution in [0, 0.1) is 0 Å². The van der Waals surface area contributed by atoms with Crippen LogP contribution in [0.15, 0.2) is 23.4 Å². The van der Waals surface area contributed by atoms with Crippen LogP contribution in [0.3, 0.4) is 0 Å². The summed E-state index contributed by atoms with van der Waals surface area (Å²) < 4.78 is 5.34. The fourth-order valence-corrected chi connectivity index (χ4v) is 2.55. The number of fused-ring (bicyclic) bond motifs is 1. The number of rotatable bonds is 5. The molecule has 6 nitrogen and oxygen atoms in total. The van der Waals surface area contributed by atoms with Crippen LogP contribution in [0.5, 0.6) is 0 Å². The van der Waals surface area contributed by atoms with Gasteiger partial charge in [-0.3, -0.25) is 4.79 Å². The summed E-state index contributed by atoms with van der Waals surface area (Å²) in [6.45, 7) is 4.90. The number of hydrogen-bond acceptors (Lipinski definition) is 4. The molecule has 1 amide bonds. The summed E-state index contributed by atoms with van der Waals surface area (Å²) in [5.74, 6) is -0.217. The molecule has 21 heavy (non-hydrogen) atoms. The molecular weight excluding hydrogens is 270 g/mol. The number of amidine groups is 1. The molecule has 0 aromatic heterocycles. The summed E-state index contributed by atoms with van der Waals surface area (Å²) in [6, 6.07) is 5.51. The van der Waals surface area contributed by atoms with Gasteiger partial charge in [0, 0.05) is 5.56 Å². The number of oxime groups is 1. The molecule has 0 spiro atoms. The Morgan fingerprint density at radius 3 is 2.67 bits per heavy atom. The van der Waals surface area contributed by atoms with Crippen LogP contribution in [0.1, 0.15) is 48.2 Å². The fourth-order valence-electron chi connectivity index (χ4n) is 2.55. The SMILES string of the molecule is CCC(CC)(NC(=O)c1ccc2c(c1)COC2)C(N)=NO. The predicted molar refractivity (Wildman–Crippen MR) is 79.1 cm³/mol. The van der Waals surface area contributed by atoms with Gasteiger partial charge in [-0.15, -0.1) is 0 Å². The Balaban J connectivity index is 2.23. The highest BCUT2D eigenvalue weighted by atomic mass is 16.5. The van der Waals surface area contributed by atoms with Gasteiger partial charge >= 0.3 is 0 Å². The molecule has 1 aromatic rings. The zero-order chi connectivity index (χ0) is 15.5. The lowest BCUT2D eigenvalue weighted by molar-refractivity contribution is 0.0917. The Hall–Kier alpha value is -2.08. The molecule has 1 heterocycles. The van der Waals surface area contributed by atoms with E-state index in [-0.39, 0.29) is 11.7 Å². The normalized spacial score (nSPS) is 14.9. The highest BCUT2D eigenvalue weighted by Gasteiger charge is 2.33. The summed E-state index contributed by atoms with van der Waals surface area (Å²) in [6.07, 6.45) is 1.08. The molecule has 0 radical (unpaired) electrons. The standard InChI is InChI=1S/C15H21N3O3/c1-3-15(4-2,14(16)18-20)17-13(19)10-5-6-11-8-21-9-12(11)7-10/h5-7,20H,3-4,8-9H2,1-2H3,(H2,16,18)(H,17,19). The first-order valence-corrected chi connectivity index (χ1v) is 7.06. The molecule has 0 aliphatic carbocycles. The van der Waals surface area contributed by atoms with E-state index >= 15 is 0 Å². The number of benzene rings is 1. The van der Waals surface area contributed by atoms with Crippen molar-refractivity contribution in [3.8, 4) is 0 Å². The fraction of sp³-hybridized carbons (Fsp3) is 0.467. The summed E-state index contributed by atoms with van der Waals surface area (Å²) in [7, 11) is 0. The minimum absolute atomic E-state index is 0.0188. The number of amides is 1. The quantitative estimate of drug-likeness (QED) is 0.333. The minimum Gasteiger partial charge on any atom is -0.409 e. The first-order valence-electron chi connectivity index (χ1n) is 7.06. The second-order valence-electron chi connectivity index (χ2n) is 5.20. The van der Waals surface area contributed by atoms with Crippen molar-refractivity contribution in [2.45, 2.75) is 45.4 Å². The van der Waals surface area contributed by atoms with E-state index in [0.29, 0.717) is 31.6 Å². The van der Waals surface area contributed by atoms with Crippen molar-refractivity contribution in [1.82, 2.24) is 5.32 Å². The molecule has 114 valence electrons. The molecule has 0 atom stereocenters. The third-order valence-corrected chi connectivity index (χ3v) is 4.14. The van der Waals surface area contributed by atoms with Crippen LogP contribution < -0.4 is 11.1 Å². The van der Waals surface area contributed by atoms with Gasteiger partial charge < -0.3 is 21.0 Å². The van der Waals surface area contributed by atoms with E-state index < -0.39 is 5.54 Å². The van der Waals surface area contributed by atoms with E-state index in [2.05, 4.69) is 10.5 Å². The van der Waals surface area contributed by atoms with Crippen molar-refractivity contribution in [2.75, 3.05) is 0 Å². The van der Waals surface area contributed by atoms with Crippen molar-refractivity contribution in [2.24, 2.45) is 10.9 Å². The molecule has 2 rings (SSSR count). The van der Waals surface area contributed by atoms with Gasteiger partial charge in [-0.25, -0.2) is 0 Å². The minimum atomic E-state index is -0.832. The topological polar surface area (TPSA) is 96.9 Å². The zero-order valence-electron chi connectivity index (χ0n) is 12.3. The number of hydrogen-bond donors (Lipinski definition) is 3. The Morgan fingerprint density at radius 1 is 1.38 bits per heavy atom. The van der Waals surface area contributed by atoms with Crippen molar-refractivity contribution in [3.63, 3.8) is 0 Å². The van der Waals surface area contributed by atoms with Crippen molar-refractivity contribution < 1.29 is 14.7 Å². The van der Waals surface area contributed by atoms with E-state index in [1.807, 2.05) is 26.0 Å². The van der Waals surface area contributed by atoms with Gasteiger partial charge in [0.15, 0.2) is 5.84 Å². The molecule has 0 saturated heterocycles. The average molecular weight is 291 g/mol. The Bertz CT molecular complexity index is 565. The first kappa shape index (κ1) is 15.3. The van der Waals surface area contributed by atoms with E-state index in [9.17, 15) is 4.79 Å². The number of carbonyl (C=O) groups excluding carboxylic acids is 1. The third-order valence-electron chi connectivity index (χ3n) is 4.14. The van der Waals surface area contributed by atoms with Crippen molar-refractivity contribution >= 4 is 11.7 Å². The zero-order valence-corrected chi connectivity index (χ0v) is 12.3.